The van der Waals surface area contributed by atoms with Crippen LogP contribution < -0.4 is 5.73 Å². The number of amides is 2. The number of nitrogens with two attached hydrogens (primary N) is 1. The van der Waals surface area contributed by atoms with Crippen molar-refractivity contribution in [3.05, 3.63) is 29.3 Å². The second-order valence-corrected chi connectivity index (χ2v) is 4.19. The van der Waals surface area contributed by atoms with E-state index in [0.717, 1.165) is 0 Å². The van der Waals surface area contributed by atoms with Crippen molar-refractivity contribution in [3.8, 4) is 0 Å². The van der Waals surface area contributed by atoms with Crippen LogP contribution in [0, 0.1) is 0 Å². The SMILES string of the molecule is Nc1ccc2c(c1)C(=O)N(C(CS)C(=O)O)C2=O. The number of carboxylic acids is 1. The first-order valence-electron chi connectivity index (χ1n) is 5.08. The van der Waals surface area contributed by atoms with Crippen LogP contribution in [0.1, 0.15) is 20.7 Å². The Bertz CT molecular complexity index is 558. The van der Waals surface area contributed by atoms with Gasteiger partial charge in [-0.3, -0.25) is 14.5 Å². The normalized spacial score (nSPS) is 15.7. The molecule has 1 aromatic rings. The fraction of sp³-hybridized carbons (Fsp3) is 0.182. The Morgan fingerprint density at radius 2 is 1.94 bits per heavy atom. The molecule has 0 saturated heterocycles. The number of benzene rings is 1. The Hall–Kier alpha value is -2.02. The van der Waals surface area contributed by atoms with Crippen LogP contribution in [0.15, 0.2) is 18.2 Å². The van der Waals surface area contributed by atoms with Crippen molar-refractivity contribution in [2.45, 2.75) is 6.04 Å². The maximum Gasteiger partial charge on any atom is 0.327 e. The molecule has 0 saturated carbocycles. The number of hydrogen-bond acceptors (Lipinski definition) is 5. The molecule has 3 N–H and O–H groups in total. The van der Waals surface area contributed by atoms with Crippen LogP contribution in [-0.2, 0) is 4.79 Å². The number of carbonyl (C=O) groups is 3. The highest BCUT2D eigenvalue weighted by atomic mass is 32.1. The van der Waals surface area contributed by atoms with E-state index in [0.29, 0.717) is 10.6 Å². The third kappa shape index (κ3) is 1.72. The molecule has 0 aliphatic carbocycles. The lowest BCUT2D eigenvalue weighted by molar-refractivity contribution is -0.140. The van der Waals surface area contributed by atoms with E-state index in [9.17, 15) is 14.4 Å². The second-order valence-electron chi connectivity index (χ2n) is 3.82. The lowest BCUT2D eigenvalue weighted by Crippen LogP contribution is -2.46. The Morgan fingerprint density at radius 1 is 1.33 bits per heavy atom. The van der Waals surface area contributed by atoms with E-state index in [1.165, 1.54) is 18.2 Å². The third-order valence-corrected chi connectivity index (χ3v) is 3.06. The Kier molecular flexibility index (Phi) is 3.00. The number of nitrogens with zero attached hydrogens (tertiary/aromatic N) is 1. The van der Waals surface area contributed by atoms with Crippen LogP contribution in [0.3, 0.4) is 0 Å². The molecule has 1 unspecified atom stereocenters. The monoisotopic (exact) mass is 266 g/mol. The first-order chi connectivity index (χ1) is 8.47. The molecule has 2 rings (SSSR count). The van der Waals surface area contributed by atoms with E-state index in [4.69, 9.17) is 10.8 Å². The zero-order chi connectivity index (χ0) is 13.4. The molecule has 2 amide bonds. The number of carboxylic acid groups (broad SMARTS) is 1. The maximum atomic E-state index is 12.0. The average Bonchev–Trinajstić information content (AvgIpc) is 2.55. The summed E-state index contributed by atoms with van der Waals surface area (Å²) in [5, 5.41) is 8.98. The van der Waals surface area contributed by atoms with Crippen molar-refractivity contribution in [2.75, 3.05) is 11.5 Å². The van der Waals surface area contributed by atoms with E-state index < -0.39 is 23.8 Å². The van der Waals surface area contributed by atoms with Crippen LogP contribution in [0.2, 0.25) is 0 Å². The summed E-state index contributed by atoms with van der Waals surface area (Å²) in [5.74, 6) is -2.69. The molecule has 18 heavy (non-hydrogen) atoms. The van der Waals surface area contributed by atoms with Crippen LogP contribution in [0.5, 0.6) is 0 Å². The summed E-state index contributed by atoms with van der Waals surface area (Å²) in [7, 11) is 0. The number of anilines is 1. The molecule has 0 radical (unpaired) electrons. The van der Waals surface area contributed by atoms with Gasteiger partial charge >= 0.3 is 5.97 Å². The van der Waals surface area contributed by atoms with Gasteiger partial charge < -0.3 is 10.8 Å². The van der Waals surface area contributed by atoms with E-state index in [1.54, 1.807) is 0 Å². The van der Waals surface area contributed by atoms with Crippen molar-refractivity contribution in [1.82, 2.24) is 4.90 Å². The largest absolute Gasteiger partial charge is 0.480 e. The minimum absolute atomic E-state index is 0.132. The zero-order valence-electron chi connectivity index (χ0n) is 9.16. The summed E-state index contributed by atoms with van der Waals surface area (Å²) in [6.45, 7) is 0. The first kappa shape index (κ1) is 12.4. The van der Waals surface area contributed by atoms with E-state index in [1.807, 2.05) is 0 Å². The number of aliphatic carboxylic acids is 1. The molecule has 94 valence electrons. The van der Waals surface area contributed by atoms with Gasteiger partial charge in [-0.25, -0.2) is 4.79 Å². The first-order valence-corrected chi connectivity index (χ1v) is 5.71. The molecule has 1 atom stereocenters. The fourth-order valence-electron chi connectivity index (χ4n) is 1.83. The quantitative estimate of drug-likeness (QED) is 0.413. The zero-order valence-corrected chi connectivity index (χ0v) is 10.1. The number of hydrogen-bond donors (Lipinski definition) is 3. The molecule has 1 aliphatic heterocycles. The highest BCUT2D eigenvalue weighted by Gasteiger charge is 2.42. The number of nitrogen functional groups attached to an aromatic ring is 1. The van der Waals surface area contributed by atoms with Crippen molar-refractivity contribution in [3.63, 3.8) is 0 Å². The summed E-state index contributed by atoms with van der Waals surface area (Å²) < 4.78 is 0. The molecule has 1 aromatic carbocycles. The lowest BCUT2D eigenvalue weighted by atomic mass is 10.1. The standard InChI is InChI=1S/C11H10N2O4S/c12-5-1-2-6-7(3-5)10(15)13(9(6)14)8(4-18)11(16)17/h1-3,8,18H,4,12H2,(H,16,17). The summed E-state index contributed by atoms with van der Waals surface area (Å²) in [6.07, 6.45) is 0. The van der Waals surface area contributed by atoms with Gasteiger partial charge in [0.25, 0.3) is 11.8 Å². The Morgan fingerprint density at radius 3 is 2.50 bits per heavy atom. The van der Waals surface area contributed by atoms with Gasteiger partial charge in [-0.15, -0.1) is 0 Å². The van der Waals surface area contributed by atoms with Gasteiger partial charge in [0.1, 0.15) is 6.04 Å². The average molecular weight is 266 g/mol. The maximum absolute atomic E-state index is 12.0. The smallest absolute Gasteiger partial charge is 0.327 e. The van der Waals surface area contributed by atoms with Gasteiger partial charge in [0.15, 0.2) is 0 Å². The minimum Gasteiger partial charge on any atom is -0.480 e. The van der Waals surface area contributed by atoms with Crippen LogP contribution in [0.25, 0.3) is 0 Å². The van der Waals surface area contributed by atoms with Crippen molar-refractivity contribution >= 4 is 36.1 Å². The van der Waals surface area contributed by atoms with E-state index >= 15 is 0 Å². The van der Waals surface area contributed by atoms with Crippen LogP contribution in [0.4, 0.5) is 5.69 Å². The van der Waals surface area contributed by atoms with Crippen molar-refractivity contribution in [2.24, 2.45) is 0 Å². The van der Waals surface area contributed by atoms with Gasteiger partial charge in [-0.1, -0.05) is 0 Å². The van der Waals surface area contributed by atoms with Gasteiger partial charge in [0.05, 0.1) is 11.1 Å². The van der Waals surface area contributed by atoms with Crippen molar-refractivity contribution < 1.29 is 19.5 Å². The van der Waals surface area contributed by atoms with Gasteiger partial charge in [-0.05, 0) is 18.2 Å². The Labute approximate surface area is 108 Å². The van der Waals surface area contributed by atoms with Gasteiger partial charge in [-0.2, -0.15) is 12.6 Å². The molecule has 0 fully saturated rings. The summed E-state index contributed by atoms with van der Waals surface area (Å²) in [5.41, 5.74) is 6.18. The number of carbonyl (C=O) groups excluding carboxylic acids is 2. The summed E-state index contributed by atoms with van der Waals surface area (Å²) in [4.78, 5) is 35.7. The van der Waals surface area contributed by atoms with Crippen LogP contribution in [-0.4, -0.2) is 39.6 Å². The molecule has 0 aromatic heterocycles. The molecule has 0 spiro atoms. The van der Waals surface area contributed by atoms with Crippen molar-refractivity contribution in [1.29, 1.82) is 0 Å². The molecule has 1 aliphatic rings. The minimum atomic E-state index is -1.28. The topological polar surface area (TPSA) is 101 Å². The molecule has 6 nitrogen and oxygen atoms in total. The Balaban J connectivity index is 2.48. The van der Waals surface area contributed by atoms with E-state index in [2.05, 4.69) is 12.6 Å². The molecule has 7 heteroatoms. The lowest BCUT2D eigenvalue weighted by Gasteiger charge is -2.20. The fourth-order valence-corrected chi connectivity index (χ4v) is 2.15. The predicted molar refractivity (Wildman–Crippen MR) is 66.6 cm³/mol. The second kappa shape index (κ2) is 4.34. The number of imide groups is 1. The molecular formula is C11H10N2O4S. The highest BCUT2D eigenvalue weighted by molar-refractivity contribution is 7.80. The highest BCUT2D eigenvalue weighted by Crippen LogP contribution is 2.26. The predicted octanol–water partition coefficient (Wildman–Crippen LogP) is 0.248. The third-order valence-electron chi connectivity index (χ3n) is 2.71. The number of rotatable bonds is 3. The van der Waals surface area contributed by atoms with Gasteiger partial charge in [0, 0.05) is 11.4 Å². The summed E-state index contributed by atoms with van der Waals surface area (Å²) >= 11 is 3.86. The van der Waals surface area contributed by atoms with Gasteiger partial charge in [0.2, 0.25) is 0 Å². The van der Waals surface area contributed by atoms with Crippen LogP contribution >= 0.6 is 12.6 Å². The molecule has 0 bridgehead atoms. The summed E-state index contributed by atoms with van der Waals surface area (Å²) in [6, 6.07) is 3.00. The molecule has 1 heterocycles. The number of fused-ring (bicyclic) bond motifs is 1. The van der Waals surface area contributed by atoms with E-state index in [-0.39, 0.29) is 16.9 Å². The molecular weight excluding hydrogens is 256 g/mol. The number of thiol groups is 1.